The quantitative estimate of drug-likeness (QED) is 0.841. The van der Waals surface area contributed by atoms with Gasteiger partial charge in [-0.3, -0.25) is 4.57 Å². The SMILES string of the molecule is Cn1cnn(Cc2cc(F)cc(/C=C/C(=O)O)c2)c1=O. The summed E-state index contributed by atoms with van der Waals surface area (Å²) in [6.45, 7) is 0.116. The molecule has 1 aromatic heterocycles. The fourth-order valence-electron chi connectivity index (χ4n) is 1.73. The minimum absolute atomic E-state index is 0.116. The summed E-state index contributed by atoms with van der Waals surface area (Å²) < 4.78 is 16.0. The van der Waals surface area contributed by atoms with Gasteiger partial charge in [0.05, 0.1) is 6.54 Å². The van der Waals surface area contributed by atoms with Crippen molar-refractivity contribution >= 4 is 12.0 Å². The van der Waals surface area contributed by atoms with Crippen molar-refractivity contribution in [3.05, 3.63) is 58.0 Å². The zero-order valence-corrected chi connectivity index (χ0v) is 10.7. The van der Waals surface area contributed by atoms with Crippen LogP contribution in [-0.4, -0.2) is 25.4 Å². The van der Waals surface area contributed by atoms with Crippen LogP contribution in [0.5, 0.6) is 0 Å². The molecule has 0 amide bonds. The third-order valence-electron chi connectivity index (χ3n) is 2.62. The topological polar surface area (TPSA) is 77.1 Å². The molecule has 1 N–H and O–H groups in total. The average Bonchev–Trinajstić information content (AvgIpc) is 2.68. The highest BCUT2D eigenvalue weighted by atomic mass is 19.1. The first-order valence-corrected chi connectivity index (χ1v) is 5.74. The summed E-state index contributed by atoms with van der Waals surface area (Å²) in [5.41, 5.74) is 0.624. The lowest BCUT2D eigenvalue weighted by atomic mass is 10.1. The van der Waals surface area contributed by atoms with Crippen molar-refractivity contribution in [3.63, 3.8) is 0 Å². The molecule has 0 saturated heterocycles. The second-order valence-corrected chi connectivity index (χ2v) is 4.25. The van der Waals surface area contributed by atoms with E-state index in [-0.39, 0.29) is 12.2 Å². The standard InChI is InChI=1S/C13H12FN3O3/c1-16-8-15-17(13(16)20)7-10-4-9(2-3-12(18)19)5-11(14)6-10/h2-6,8H,7H2,1H3,(H,18,19)/b3-2+. The lowest BCUT2D eigenvalue weighted by Gasteiger charge is -2.03. The Bertz CT molecular complexity index is 731. The number of benzene rings is 1. The van der Waals surface area contributed by atoms with E-state index in [9.17, 15) is 14.0 Å². The molecular formula is C13H12FN3O3. The third kappa shape index (κ3) is 3.19. The van der Waals surface area contributed by atoms with Gasteiger partial charge in [0.1, 0.15) is 12.1 Å². The van der Waals surface area contributed by atoms with Gasteiger partial charge in [-0.2, -0.15) is 5.10 Å². The van der Waals surface area contributed by atoms with Gasteiger partial charge < -0.3 is 5.11 Å². The van der Waals surface area contributed by atoms with Gasteiger partial charge in [0.25, 0.3) is 0 Å². The smallest absolute Gasteiger partial charge is 0.345 e. The molecule has 0 unspecified atom stereocenters. The van der Waals surface area contributed by atoms with Crippen molar-refractivity contribution in [2.24, 2.45) is 7.05 Å². The van der Waals surface area contributed by atoms with Crippen molar-refractivity contribution in [3.8, 4) is 0 Å². The molecule has 6 nitrogen and oxygen atoms in total. The molecule has 0 bridgehead atoms. The van der Waals surface area contributed by atoms with Crippen LogP contribution in [0, 0.1) is 5.82 Å². The molecule has 0 aliphatic heterocycles. The van der Waals surface area contributed by atoms with Crippen LogP contribution in [-0.2, 0) is 18.4 Å². The number of carboxylic acid groups (broad SMARTS) is 1. The van der Waals surface area contributed by atoms with E-state index < -0.39 is 11.8 Å². The Balaban J connectivity index is 2.30. The molecule has 0 aliphatic carbocycles. The number of hydrogen-bond donors (Lipinski definition) is 1. The number of carbonyl (C=O) groups is 1. The second-order valence-electron chi connectivity index (χ2n) is 4.25. The molecule has 20 heavy (non-hydrogen) atoms. The Morgan fingerprint density at radius 1 is 1.45 bits per heavy atom. The maximum Gasteiger partial charge on any atom is 0.345 e. The number of rotatable bonds is 4. The van der Waals surface area contributed by atoms with E-state index in [4.69, 9.17) is 5.11 Å². The number of aryl methyl sites for hydroxylation is 1. The minimum Gasteiger partial charge on any atom is -0.478 e. The molecule has 2 aromatic rings. The van der Waals surface area contributed by atoms with Gasteiger partial charge in [-0.25, -0.2) is 18.7 Å². The van der Waals surface area contributed by atoms with E-state index in [2.05, 4.69) is 5.10 Å². The van der Waals surface area contributed by atoms with E-state index in [1.807, 2.05) is 0 Å². The number of aromatic nitrogens is 3. The van der Waals surface area contributed by atoms with Gasteiger partial charge in [-0.1, -0.05) is 0 Å². The highest BCUT2D eigenvalue weighted by Gasteiger charge is 2.05. The molecule has 0 atom stereocenters. The van der Waals surface area contributed by atoms with E-state index in [0.717, 1.165) is 6.08 Å². The molecular weight excluding hydrogens is 265 g/mol. The normalized spacial score (nSPS) is 11.1. The Labute approximate surface area is 113 Å². The number of nitrogens with zero attached hydrogens (tertiary/aromatic N) is 3. The Morgan fingerprint density at radius 2 is 2.20 bits per heavy atom. The molecule has 0 fully saturated rings. The number of hydrogen-bond acceptors (Lipinski definition) is 3. The second kappa shape index (κ2) is 5.52. The maximum atomic E-state index is 13.5. The fourth-order valence-corrected chi connectivity index (χ4v) is 1.73. The summed E-state index contributed by atoms with van der Waals surface area (Å²) >= 11 is 0. The van der Waals surface area contributed by atoms with Crippen molar-refractivity contribution < 1.29 is 14.3 Å². The molecule has 2 rings (SSSR count). The summed E-state index contributed by atoms with van der Waals surface area (Å²) in [5.74, 6) is -1.62. The first-order chi connectivity index (χ1) is 9.45. The highest BCUT2D eigenvalue weighted by Crippen LogP contribution is 2.11. The van der Waals surface area contributed by atoms with E-state index >= 15 is 0 Å². The molecule has 104 valence electrons. The Hall–Kier alpha value is -2.70. The van der Waals surface area contributed by atoms with Gasteiger partial charge in [-0.05, 0) is 35.4 Å². The van der Waals surface area contributed by atoms with Crippen LogP contribution in [0.1, 0.15) is 11.1 Å². The lowest BCUT2D eigenvalue weighted by Crippen LogP contribution is -2.23. The average molecular weight is 277 g/mol. The molecule has 0 spiro atoms. The van der Waals surface area contributed by atoms with E-state index in [1.165, 1.54) is 33.8 Å². The van der Waals surface area contributed by atoms with Crippen LogP contribution < -0.4 is 5.69 Å². The van der Waals surface area contributed by atoms with Crippen molar-refractivity contribution in [2.75, 3.05) is 0 Å². The van der Waals surface area contributed by atoms with Crippen molar-refractivity contribution in [1.82, 2.24) is 14.3 Å². The minimum atomic E-state index is -1.11. The first-order valence-electron chi connectivity index (χ1n) is 5.74. The summed E-state index contributed by atoms with van der Waals surface area (Å²) in [4.78, 5) is 22.1. The maximum absolute atomic E-state index is 13.5. The predicted octanol–water partition coefficient (Wildman–Crippen LogP) is 0.867. The van der Waals surface area contributed by atoms with Gasteiger partial charge in [0.15, 0.2) is 0 Å². The molecule has 0 saturated carbocycles. The predicted molar refractivity (Wildman–Crippen MR) is 69.6 cm³/mol. The molecule has 0 radical (unpaired) electrons. The van der Waals surface area contributed by atoms with Crippen LogP contribution in [0.2, 0.25) is 0 Å². The van der Waals surface area contributed by atoms with Crippen LogP contribution >= 0.6 is 0 Å². The van der Waals surface area contributed by atoms with Crippen LogP contribution in [0.3, 0.4) is 0 Å². The number of aliphatic carboxylic acids is 1. The van der Waals surface area contributed by atoms with Gasteiger partial charge >= 0.3 is 11.7 Å². The lowest BCUT2D eigenvalue weighted by molar-refractivity contribution is -0.131. The fraction of sp³-hybridized carbons (Fsp3) is 0.154. The van der Waals surface area contributed by atoms with Crippen molar-refractivity contribution in [2.45, 2.75) is 6.54 Å². The zero-order chi connectivity index (χ0) is 14.7. The summed E-state index contributed by atoms with van der Waals surface area (Å²) in [6, 6.07) is 4.09. The molecule has 0 aliphatic rings. The summed E-state index contributed by atoms with van der Waals surface area (Å²) in [6.07, 6.45) is 3.58. The number of carboxylic acids is 1. The molecule has 7 heteroatoms. The number of halogens is 1. The van der Waals surface area contributed by atoms with Crippen LogP contribution in [0.25, 0.3) is 6.08 Å². The third-order valence-corrected chi connectivity index (χ3v) is 2.62. The van der Waals surface area contributed by atoms with Crippen LogP contribution in [0.4, 0.5) is 4.39 Å². The van der Waals surface area contributed by atoms with Gasteiger partial charge in [0, 0.05) is 13.1 Å². The summed E-state index contributed by atoms with van der Waals surface area (Å²) in [5, 5.41) is 12.4. The largest absolute Gasteiger partial charge is 0.478 e. The van der Waals surface area contributed by atoms with Crippen LogP contribution in [0.15, 0.2) is 35.4 Å². The first kappa shape index (κ1) is 13.7. The van der Waals surface area contributed by atoms with Gasteiger partial charge in [0.2, 0.25) is 0 Å². The highest BCUT2D eigenvalue weighted by molar-refractivity contribution is 5.85. The molecule has 1 heterocycles. The monoisotopic (exact) mass is 277 g/mol. The van der Waals surface area contributed by atoms with E-state index in [1.54, 1.807) is 13.1 Å². The Kier molecular flexibility index (Phi) is 3.79. The van der Waals surface area contributed by atoms with E-state index in [0.29, 0.717) is 11.1 Å². The Morgan fingerprint density at radius 3 is 2.80 bits per heavy atom. The zero-order valence-electron chi connectivity index (χ0n) is 10.7. The van der Waals surface area contributed by atoms with Crippen molar-refractivity contribution in [1.29, 1.82) is 0 Å². The summed E-state index contributed by atoms with van der Waals surface area (Å²) in [7, 11) is 1.57. The van der Waals surface area contributed by atoms with Gasteiger partial charge in [-0.15, -0.1) is 0 Å². The molecule has 1 aromatic carbocycles.